The van der Waals surface area contributed by atoms with Gasteiger partial charge in [0.05, 0.1) is 11.8 Å². The fourth-order valence-electron chi connectivity index (χ4n) is 4.53. The van der Waals surface area contributed by atoms with Gasteiger partial charge in [0.2, 0.25) is 5.91 Å². The van der Waals surface area contributed by atoms with E-state index in [2.05, 4.69) is 17.0 Å². The van der Waals surface area contributed by atoms with Gasteiger partial charge in [-0.2, -0.15) is 0 Å². The first-order valence-corrected chi connectivity index (χ1v) is 8.65. The molecular formula is C19H22N2O3. The van der Waals surface area contributed by atoms with Crippen LogP contribution in [-0.4, -0.2) is 48.1 Å². The molecular weight excluding hydrogens is 304 g/mol. The number of aliphatic carboxylic acids is 1. The van der Waals surface area contributed by atoms with Crippen LogP contribution in [0.3, 0.4) is 0 Å². The van der Waals surface area contributed by atoms with E-state index in [1.165, 1.54) is 5.69 Å². The number of hydrogen-bond acceptors (Lipinski definition) is 3. The maximum absolute atomic E-state index is 13.0. The number of carboxylic acid groups (broad SMARTS) is 1. The molecule has 1 saturated heterocycles. The lowest BCUT2D eigenvalue weighted by Crippen LogP contribution is -2.52. The number of hydrogen-bond donors (Lipinski definition) is 1. The Hall–Kier alpha value is -2.30. The Morgan fingerprint density at radius 3 is 2.17 bits per heavy atom. The van der Waals surface area contributed by atoms with E-state index >= 15 is 0 Å². The summed E-state index contributed by atoms with van der Waals surface area (Å²) in [6, 6.07) is 10.2. The third-order valence-electron chi connectivity index (χ3n) is 5.74. The number of carbonyl (C=O) groups excluding carboxylic acids is 1. The second-order valence-electron chi connectivity index (χ2n) is 6.99. The summed E-state index contributed by atoms with van der Waals surface area (Å²) in [4.78, 5) is 28.7. The van der Waals surface area contributed by atoms with Crippen molar-refractivity contribution in [3.63, 3.8) is 0 Å². The number of nitrogens with zero attached hydrogens (tertiary/aromatic N) is 2. The number of rotatable bonds is 3. The molecule has 4 rings (SSSR count). The van der Waals surface area contributed by atoms with Crippen LogP contribution in [-0.2, 0) is 9.59 Å². The molecule has 1 saturated carbocycles. The molecule has 1 N–H and O–H groups in total. The molecule has 1 aromatic carbocycles. The Balaban J connectivity index is 1.43. The lowest BCUT2D eigenvalue weighted by atomic mass is 9.82. The van der Waals surface area contributed by atoms with Crippen molar-refractivity contribution in [2.75, 3.05) is 31.1 Å². The van der Waals surface area contributed by atoms with Crippen LogP contribution < -0.4 is 4.90 Å². The van der Waals surface area contributed by atoms with Crippen molar-refractivity contribution < 1.29 is 14.7 Å². The number of piperazine rings is 1. The molecule has 1 heterocycles. The Morgan fingerprint density at radius 1 is 0.917 bits per heavy atom. The lowest BCUT2D eigenvalue weighted by molar-refractivity contribution is -0.151. The molecule has 2 bridgehead atoms. The van der Waals surface area contributed by atoms with E-state index in [-0.39, 0.29) is 23.7 Å². The van der Waals surface area contributed by atoms with Crippen LogP contribution in [0.25, 0.3) is 0 Å². The first-order valence-electron chi connectivity index (χ1n) is 8.65. The van der Waals surface area contributed by atoms with Crippen molar-refractivity contribution in [1.82, 2.24) is 4.90 Å². The van der Waals surface area contributed by atoms with Crippen molar-refractivity contribution in [2.24, 2.45) is 23.7 Å². The molecule has 1 aromatic rings. The summed E-state index contributed by atoms with van der Waals surface area (Å²) >= 11 is 0. The maximum Gasteiger partial charge on any atom is 0.307 e. The number of allylic oxidation sites excluding steroid dienone is 2. The minimum atomic E-state index is -0.826. The van der Waals surface area contributed by atoms with Crippen molar-refractivity contribution in [3.05, 3.63) is 42.5 Å². The fraction of sp³-hybridized carbons (Fsp3) is 0.474. The van der Waals surface area contributed by atoms with Gasteiger partial charge in [0.25, 0.3) is 0 Å². The zero-order valence-corrected chi connectivity index (χ0v) is 13.5. The van der Waals surface area contributed by atoms with Crippen LogP contribution in [0.5, 0.6) is 0 Å². The Bertz CT molecular complexity index is 664. The number of anilines is 1. The predicted octanol–water partition coefficient (Wildman–Crippen LogP) is 1.86. The third-order valence-corrected chi connectivity index (χ3v) is 5.74. The fourth-order valence-corrected chi connectivity index (χ4v) is 4.53. The van der Waals surface area contributed by atoms with E-state index in [9.17, 15) is 14.7 Å². The summed E-state index contributed by atoms with van der Waals surface area (Å²) in [5.41, 5.74) is 1.18. The molecule has 5 nitrogen and oxygen atoms in total. The Labute approximate surface area is 141 Å². The van der Waals surface area contributed by atoms with Gasteiger partial charge in [-0.25, -0.2) is 0 Å². The van der Waals surface area contributed by atoms with Crippen molar-refractivity contribution in [2.45, 2.75) is 6.42 Å². The van der Waals surface area contributed by atoms with Gasteiger partial charge in [-0.05, 0) is 30.4 Å². The summed E-state index contributed by atoms with van der Waals surface area (Å²) in [6.45, 7) is 2.92. The Morgan fingerprint density at radius 2 is 1.54 bits per heavy atom. The molecule has 126 valence electrons. The van der Waals surface area contributed by atoms with Crippen LogP contribution in [0.15, 0.2) is 42.5 Å². The summed E-state index contributed by atoms with van der Waals surface area (Å²) in [6.07, 6.45) is 4.85. The minimum absolute atomic E-state index is 0.0342. The van der Waals surface area contributed by atoms with Crippen molar-refractivity contribution >= 4 is 17.6 Å². The van der Waals surface area contributed by atoms with Gasteiger partial charge >= 0.3 is 5.97 Å². The number of fused-ring (bicyclic) bond motifs is 2. The summed E-state index contributed by atoms with van der Waals surface area (Å²) in [5.74, 6) is -1.57. The SMILES string of the molecule is O=C(O)C1C2C=CC(C2)C1C(=O)N1CCN(c2ccccc2)CC1. The molecule has 4 unspecified atom stereocenters. The number of amides is 1. The summed E-state index contributed by atoms with van der Waals surface area (Å²) in [5, 5.41) is 9.53. The van der Waals surface area contributed by atoms with Gasteiger partial charge in [0.15, 0.2) is 0 Å². The predicted molar refractivity (Wildman–Crippen MR) is 90.6 cm³/mol. The molecule has 2 fully saturated rings. The average molecular weight is 326 g/mol. The molecule has 0 spiro atoms. The highest BCUT2D eigenvalue weighted by Gasteiger charge is 2.52. The average Bonchev–Trinajstić information content (AvgIpc) is 3.23. The van der Waals surface area contributed by atoms with Gasteiger partial charge in [-0.3, -0.25) is 9.59 Å². The second kappa shape index (κ2) is 5.96. The largest absolute Gasteiger partial charge is 0.481 e. The van der Waals surface area contributed by atoms with Gasteiger partial charge in [-0.1, -0.05) is 30.4 Å². The topological polar surface area (TPSA) is 60.9 Å². The lowest BCUT2D eigenvalue weighted by Gasteiger charge is -2.38. The first-order chi connectivity index (χ1) is 11.6. The van der Waals surface area contributed by atoms with Gasteiger partial charge in [0, 0.05) is 31.9 Å². The zero-order valence-electron chi connectivity index (χ0n) is 13.5. The number of benzene rings is 1. The molecule has 3 aliphatic rings. The van der Waals surface area contributed by atoms with Crippen LogP contribution in [0.4, 0.5) is 5.69 Å². The minimum Gasteiger partial charge on any atom is -0.481 e. The number of carbonyl (C=O) groups is 2. The van der Waals surface area contributed by atoms with E-state index in [4.69, 9.17) is 0 Å². The third kappa shape index (κ3) is 2.48. The van der Waals surface area contributed by atoms with E-state index in [0.717, 1.165) is 19.5 Å². The Kier molecular flexibility index (Phi) is 3.79. The van der Waals surface area contributed by atoms with Crippen LogP contribution in [0.1, 0.15) is 6.42 Å². The number of para-hydroxylation sites is 1. The summed E-state index contributed by atoms with van der Waals surface area (Å²) in [7, 11) is 0. The van der Waals surface area contributed by atoms with E-state index in [1.54, 1.807) is 0 Å². The highest BCUT2D eigenvalue weighted by atomic mass is 16.4. The molecule has 4 atom stereocenters. The van der Waals surface area contributed by atoms with Crippen LogP contribution >= 0.6 is 0 Å². The van der Waals surface area contributed by atoms with E-state index < -0.39 is 11.9 Å². The van der Waals surface area contributed by atoms with Crippen LogP contribution in [0.2, 0.25) is 0 Å². The van der Waals surface area contributed by atoms with Gasteiger partial charge in [0.1, 0.15) is 0 Å². The highest BCUT2D eigenvalue weighted by molar-refractivity contribution is 5.87. The highest BCUT2D eigenvalue weighted by Crippen LogP contribution is 2.48. The molecule has 5 heteroatoms. The molecule has 0 aromatic heterocycles. The number of carboxylic acids is 1. The molecule has 0 radical (unpaired) electrons. The van der Waals surface area contributed by atoms with Crippen LogP contribution in [0, 0.1) is 23.7 Å². The molecule has 2 aliphatic carbocycles. The van der Waals surface area contributed by atoms with E-state index in [0.29, 0.717) is 13.1 Å². The smallest absolute Gasteiger partial charge is 0.307 e. The monoisotopic (exact) mass is 326 g/mol. The normalized spacial score (nSPS) is 31.5. The van der Waals surface area contributed by atoms with Gasteiger partial charge < -0.3 is 14.9 Å². The second-order valence-corrected chi connectivity index (χ2v) is 6.99. The van der Waals surface area contributed by atoms with E-state index in [1.807, 2.05) is 35.3 Å². The van der Waals surface area contributed by atoms with Gasteiger partial charge in [-0.15, -0.1) is 0 Å². The quantitative estimate of drug-likeness (QED) is 0.861. The van der Waals surface area contributed by atoms with Crippen molar-refractivity contribution in [1.29, 1.82) is 0 Å². The molecule has 1 aliphatic heterocycles. The molecule has 1 amide bonds. The molecule has 24 heavy (non-hydrogen) atoms. The summed E-state index contributed by atoms with van der Waals surface area (Å²) < 4.78 is 0. The van der Waals surface area contributed by atoms with Crippen molar-refractivity contribution in [3.8, 4) is 0 Å². The zero-order chi connectivity index (χ0) is 16.7. The maximum atomic E-state index is 13.0. The first kappa shape index (κ1) is 15.2. The standard InChI is InChI=1S/C19H22N2O3/c22-18(16-13-6-7-14(12-13)17(16)19(23)24)21-10-8-20(9-11-21)15-4-2-1-3-5-15/h1-7,13-14,16-17H,8-12H2,(H,23,24).